The van der Waals surface area contributed by atoms with E-state index in [1.54, 1.807) is 6.20 Å². The summed E-state index contributed by atoms with van der Waals surface area (Å²) in [7, 11) is 2.21. The van der Waals surface area contributed by atoms with E-state index in [1.807, 2.05) is 17.1 Å². The molecule has 4 heteroatoms. The molecule has 2 atom stereocenters. The number of imidazole rings is 1. The topological polar surface area (TPSA) is 33.1 Å². The van der Waals surface area contributed by atoms with Crippen LogP contribution in [-0.4, -0.2) is 40.6 Å². The van der Waals surface area contributed by atoms with Gasteiger partial charge >= 0.3 is 0 Å². The molecule has 21 heavy (non-hydrogen) atoms. The van der Waals surface area contributed by atoms with Crippen LogP contribution in [0.15, 0.2) is 43.0 Å². The molecule has 1 aliphatic heterocycles. The summed E-state index contributed by atoms with van der Waals surface area (Å²) >= 11 is 0. The molecule has 0 amide bonds. The van der Waals surface area contributed by atoms with E-state index in [0.717, 1.165) is 12.2 Å². The van der Waals surface area contributed by atoms with Crippen LogP contribution in [0.3, 0.4) is 0 Å². The van der Waals surface area contributed by atoms with Crippen LogP contribution in [0.5, 0.6) is 0 Å². The lowest BCUT2D eigenvalue weighted by Crippen LogP contribution is -2.44. The Labute approximate surface area is 126 Å². The summed E-state index contributed by atoms with van der Waals surface area (Å²) in [5.41, 5.74) is 2.49. The maximum atomic E-state index is 4.09. The molecule has 3 rings (SSSR count). The van der Waals surface area contributed by atoms with E-state index in [4.69, 9.17) is 0 Å². The Morgan fingerprint density at radius 1 is 1.29 bits per heavy atom. The first-order valence-electron chi connectivity index (χ1n) is 7.75. The van der Waals surface area contributed by atoms with Gasteiger partial charge in [0.1, 0.15) is 0 Å². The van der Waals surface area contributed by atoms with Crippen LogP contribution in [0, 0.1) is 0 Å². The molecule has 1 fully saturated rings. The van der Waals surface area contributed by atoms with E-state index in [9.17, 15) is 0 Å². The highest BCUT2D eigenvalue weighted by molar-refractivity contribution is 5.35. The first-order valence-corrected chi connectivity index (χ1v) is 7.75. The number of piperidine rings is 1. The molecule has 0 bridgehead atoms. The van der Waals surface area contributed by atoms with E-state index in [2.05, 4.69) is 53.4 Å². The number of likely N-dealkylation sites (tertiary alicyclic amines) is 1. The van der Waals surface area contributed by atoms with Gasteiger partial charge in [0.2, 0.25) is 0 Å². The molecular formula is C17H24N4. The van der Waals surface area contributed by atoms with Gasteiger partial charge in [-0.05, 0) is 51.1 Å². The van der Waals surface area contributed by atoms with Gasteiger partial charge in [-0.15, -0.1) is 0 Å². The minimum atomic E-state index is 0.387. The van der Waals surface area contributed by atoms with Crippen molar-refractivity contribution in [3.63, 3.8) is 0 Å². The highest BCUT2D eigenvalue weighted by Gasteiger charge is 2.19. The number of rotatable bonds is 4. The Morgan fingerprint density at radius 2 is 2.10 bits per heavy atom. The largest absolute Gasteiger partial charge is 0.306 e. The van der Waals surface area contributed by atoms with Crippen molar-refractivity contribution in [1.82, 2.24) is 19.8 Å². The lowest BCUT2D eigenvalue weighted by atomic mass is 10.0. The predicted octanol–water partition coefficient (Wildman–Crippen LogP) is 2.62. The number of benzene rings is 1. The van der Waals surface area contributed by atoms with Crippen LogP contribution in [0.2, 0.25) is 0 Å². The number of hydrogen-bond donors (Lipinski definition) is 1. The molecule has 2 unspecified atom stereocenters. The Bertz CT molecular complexity index is 547. The number of nitrogens with zero attached hydrogens (tertiary/aromatic N) is 3. The van der Waals surface area contributed by atoms with Crippen LogP contribution in [0.25, 0.3) is 5.69 Å². The second kappa shape index (κ2) is 6.41. The molecule has 4 nitrogen and oxygen atoms in total. The summed E-state index contributed by atoms with van der Waals surface area (Å²) in [5.74, 6) is 0. The lowest BCUT2D eigenvalue weighted by Gasteiger charge is -2.32. The summed E-state index contributed by atoms with van der Waals surface area (Å²) < 4.78 is 2.03. The Hall–Kier alpha value is -1.65. The summed E-state index contributed by atoms with van der Waals surface area (Å²) in [6, 6.07) is 9.72. The van der Waals surface area contributed by atoms with Crippen LogP contribution >= 0.6 is 0 Å². The third kappa shape index (κ3) is 3.52. The van der Waals surface area contributed by atoms with Gasteiger partial charge in [0.15, 0.2) is 0 Å². The summed E-state index contributed by atoms with van der Waals surface area (Å²) in [5, 5.41) is 3.76. The second-order valence-electron chi connectivity index (χ2n) is 6.05. The van der Waals surface area contributed by atoms with Crippen molar-refractivity contribution in [3.05, 3.63) is 48.5 Å². The van der Waals surface area contributed by atoms with Gasteiger partial charge in [-0.25, -0.2) is 4.98 Å². The molecule has 1 N–H and O–H groups in total. The molecular weight excluding hydrogens is 260 g/mol. The smallest absolute Gasteiger partial charge is 0.0991 e. The number of likely N-dealkylation sites (N-methyl/N-ethyl adjacent to an activating group) is 1. The molecule has 1 aromatic heterocycles. The van der Waals surface area contributed by atoms with E-state index < -0.39 is 0 Å². The number of nitrogens with one attached hydrogen (secondary N) is 1. The number of hydrogen-bond acceptors (Lipinski definition) is 3. The Kier molecular flexibility index (Phi) is 4.36. The maximum Gasteiger partial charge on any atom is 0.0991 e. The van der Waals surface area contributed by atoms with Crippen molar-refractivity contribution in [2.75, 3.05) is 20.1 Å². The highest BCUT2D eigenvalue weighted by Crippen LogP contribution is 2.18. The zero-order valence-electron chi connectivity index (χ0n) is 12.9. The molecule has 1 aliphatic rings. The van der Waals surface area contributed by atoms with Crippen molar-refractivity contribution < 1.29 is 0 Å². The lowest BCUT2D eigenvalue weighted by molar-refractivity contribution is 0.218. The minimum Gasteiger partial charge on any atom is -0.306 e. The first kappa shape index (κ1) is 14.3. The fourth-order valence-electron chi connectivity index (χ4n) is 3.10. The Balaban J connectivity index is 1.63. The second-order valence-corrected chi connectivity index (χ2v) is 6.05. The van der Waals surface area contributed by atoms with E-state index in [0.29, 0.717) is 12.1 Å². The molecule has 0 saturated carbocycles. The zero-order valence-corrected chi connectivity index (χ0v) is 12.9. The van der Waals surface area contributed by atoms with Gasteiger partial charge in [0, 0.05) is 36.7 Å². The fourth-order valence-corrected chi connectivity index (χ4v) is 3.10. The third-order valence-corrected chi connectivity index (χ3v) is 4.31. The molecule has 1 aromatic carbocycles. The van der Waals surface area contributed by atoms with Gasteiger partial charge in [-0.1, -0.05) is 12.1 Å². The van der Waals surface area contributed by atoms with E-state index >= 15 is 0 Å². The van der Waals surface area contributed by atoms with Crippen molar-refractivity contribution in [1.29, 1.82) is 0 Å². The third-order valence-electron chi connectivity index (χ3n) is 4.31. The molecule has 0 spiro atoms. The van der Waals surface area contributed by atoms with Gasteiger partial charge < -0.3 is 14.8 Å². The van der Waals surface area contributed by atoms with Crippen molar-refractivity contribution >= 4 is 0 Å². The summed E-state index contributed by atoms with van der Waals surface area (Å²) in [6.45, 7) is 4.63. The summed E-state index contributed by atoms with van der Waals surface area (Å²) in [6.07, 6.45) is 8.17. The van der Waals surface area contributed by atoms with Crippen molar-refractivity contribution in [2.24, 2.45) is 0 Å². The van der Waals surface area contributed by atoms with Gasteiger partial charge in [-0.3, -0.25) is 0 Å². The van der Waals surface area contributed by atoms with Crippen LogP contribution in [0.1, 0.15) is 31.4 Å². The minimum absolute atomic E-state index is 0.387. The molecule has 2 heterocycles. The van der Waals surface area contributed by atoms with Gasteiger partial charge in [0.25, 0.3) is 0 Å². The van der Waals surface area contributed by atoms with Crippen LogP contribution in [-0.2, 0) is 0 Å². The fraction of sp³-hybridized carbons (Fsp3) is 0.471. The summed E-state index contributed by atoms with van der Waals surface area (Å²) in [4.78, 5) is 6.50. The van der Waals surface area contributed by atoms with Crippen LogP contribution in [0.4, 0.5) is 0 Å². The molecule has 0 aliphatic carbocycles. The SMILES string of the molecule is CC(NC1CCCN(C)C1)c1ccc(-n2ccnc2)cc1. The molecule has 112 valence electrons. The Morgan fingerprint density at radius 3 is 2.76 bits per heavy atom. The maximum absolute atomic E-state index is 4.09. The zero-order chi connectivity index (χ0) is 14.7. The predicted molar refractivity (Wildman–Crippen MR) is 85.6 cm³/mol. The first-order chi connectivity index (χ1) is 10.2. The molecule has 0 radical (unpaired) electrons. The van der Waals surface area contributed by atoms with E-state index in [1.165, 1.54) is 24.9 Å². The van der Waals surface area contributed by atoms with Gasteiger partial charge in [0.05, 0.1) is 6.33 Å². The van der Waals surface area contributed by atoms with Gasteiger partial charge in [-0.2, -0.15) is 0 Å². The highest BCUT2D eigenvalue weighted by atomic mass is 15.1. The van der Waals surface area contributed by atoms with E-state index in [-0.39, 0.29) is 0 Å². The van der Waals surface area contributed by atoms with Crippen molar-refractivity contribution in [2.45, 2.75) is 31.8 Å². The van der Waals surface area contributed by atoms with Crippen molar-refractivity contribution in [3.8, 4) is 5.69 Å². The standard InChI is InChI=1S/C17H24N4/c1-14(19-16-4-3-10-20(2)12-16)15-5-7-17(8-6-15)21-11-9-18-13-21/h5-9,11,13-14,16,19H,3-4,10,12H2,1-2H3. The quantitative estimate of drug-likeness (QED) is 0.937. The normalized spacial score (nSPS) is 21.3. The monoisotopic (exact) mass is 284 g/mol. The molecule has 1 saturated heterocycles. The number of aromatic nitrogens is 2. The average Bonchev–Trinajstić information content (AvgIpc) is 3.01. The van der Waals surface area contributed by atoms with Crippen LogP contribution < -0.4 is 5.32 Å². The molecule has 2 aromatic rings. The average molecular weight is 284 g/mol.